The van der Waals surface area contributed by atoms with E-state index >= 15 is 0 Å². The van der Waals surface area contributed by atoms with E-state index in [4.69, 9.17) is 9.26 Å². The van der Waals surface area contributed by atoms with Crippen LogP contribution in [-0.2, 0) is 12.8 Å². The number of likely N-dealkylation sites (tertiary alicyclic amines) is 1. The molecule has 4 rings (SSSR count). The predicted molar refractivity (Wildman–Crippen MR) is 104 cm³/mol. The Bertz CT molecular complexity index is 1040. The van der Waals surface area contributed by atoms with Crippen LogP contribution in [0.5, 0.6) is 5.75 Å². The Morgan fingerprint density at radius 2 is 2.03 bits per heavy atom. The van der Waals surface area contributed by atoms with Gasteiger partial charge in [0.1, 0.15) is 12.4 Å². The molecule has 0 bridgehead atoms. The lowest BCUT2D eigenvalue weighted by molar-refractivity contribution is -0.137. The van der Waals surface area contributed by atoms with Gasteiger partial charge in [0.05, 0.1) is 17.3 Å². The van der Waals surface area contributed by atoms with Gasteiger partial charge in [-0.3, -0.25) is 9.78 Å². The lowest BCUT2D eigenvalue weighted by Gasteiger charge is -2.34. The molecule has 9 heteroatoms. The van der Waals surface area contributed by atoms with Crippen molar-refractivity contribution in [2.45, 2.75) is 38.1 Å². The molecule has 0 aliphatic carbocycles. The van der Waals surface area contributed by atoms with Crippen molar-refractivity contribution >= 4 is 5.91 Å². The van der Waals surface area contributed by atoms with Crippen molar-refractivity contribution in [2.24, 2.45) is 0 Å². The third-order valence-corrected chi connectivity index (χ3v) is 5.11. The molecule has 3 aromatic rings. The second-order valence-electron chi connectivity index (χ2n) is 7.26. The fourth-order valence-corrected chi connectivity index (χ4v) is 3.60. The summed E-state index contributed by atoms with van der Waals surface area (Å²) >= 11 is 0. The molecular formula is C22H20F3N3O3. The summed E-state index contributed by atoms with van der Waals surface area (Å²) < 4.78 is 49.0. The van der Waals surface area contributed by atoms with Crippen molar-refractivity contribution in [1.82, 2.24) is 15.0 Å². The minimum absolute atomic E-state index is 0.0466. The van der Waals surface area contributed by atoms with E-state index in [2.05, 4.69) is 10.1 Å². The topological polar surface area (TPSA) is 68.5 Å². The highest BCUT2D eigenvalue weighted by atomic mass is 19.4. The molecular weight excluding hydrogens is 411 g/mol. The number of amides is 1. The van der Waals surface area contributed by atoms with Crippen LogP contribution < -0.4 is 4.74 Å². The minimum Gasteiger partial charge on any atom is -0.486 e. The molecule has 0 N–H and O–H groups in total. The van der Waals surface area contributed by atoms with Gasteiger partial charge < -0.3 is 14.2 Å². The molecule has 1 aliphatic heterocycles. The monoisotopic (exact) mass is 431 g/mol. The van der Waals surface area contributed by atoms with Crippen LogP contribution in [0.25, 0.3) is 0 Å². The summed E-state index contributed by atoms with van der Waals surface area (Å²) in [6, 6.07) is 11.5. The SMILES string of the molecule is O=C(c1cc(COc2cccc(C(F)(F)F)c2)on1)N1CCCC[C@@H]1c1ccccn1. The number of pyridine rings is 1. The zero-order valence-corrected chi connectivity index (χ0v) is 16.5. The van der Waals surface area contributed by atoms with Crippen molar-refractivity contribution in [2.75, 3.05) is 6.54 Å². The number of nitrogens with zero attached hydrogens (tertiary/aromatic N) is 3. The summed E-state index contributed by atoms with van der Waals surface area (Å²) in [6.07, 6.45) is -0.0554. The third kappa shape index (κ3) is 4.87. The minimum atomic E-state index is -4.45. The Kier molecular flexibility index (Phi) is 5.92. The van der Waals surface area contributed by atoms with E-state index in [0.717, 1.165) is 37.1 Å². The van der Waals surface area contributed by atoms with Gasteiger partial charge in [-0.1, -0.05) is 17.3 Å². The number of carbonyl (C=O) groups excluding carboxylic acids is 1. The maximum Gasteiger partial charge on any atom is 0.416 e. The van der Waals surface area contributed by atoms with E-state index < -0.39 is 11.7 Å². The standard InChI is InChI=1S/C22H20F3N3O3/c23-22(24,25)15-6-5-7-16(12-15)30-14-17-13-19(27-31-17)21(29)28-11-4-2-9-20(28)18-8-1-3-10-26-18/h1,3,5-8,10,12-13,20H,2,4,9,11,14H2/t20-/m1/s1. The largest absolute Gasteiger partial charge is 0.486 e. The summed E-state index contributed by atoms with van der Waals surface area (Å²) in [5, 5.41) is 3.84. The first kappa shape index (κ1) is 20.9. The maximum atomic E-state index is 13.0. The summed E-state index contributed by atoms with van der Waals surface area (Å²) in [5.74, 6) is 0.0157. The van der Waals surface area contributed by atoms with Crippen LogP contribution in [0, 0.1) is 0 Å². The lowest BCUT2D eigenvalue weighted by Crippen LogP contribution is -2.39. The number of halogens is 3. The number of alkyl halides is 3. The molecule has 3 heterocycles. The molecule has 31 heavy (non-hydrogen) atoms. The molecule has 1 amide bonds. The van der Waals surface area contributed by atoms with Gasteiger partial charge in [-0.05, 0) is 49.6 Å². The molecule has 0 spiro atoms. The fourth-order valence-electron chi connectivity index (χ4n) is 3.60. The molecule has 0 saturated carbocycles. The Balaban J connectivity index is 1.44. The number of carbonyl (C=O) groups is 1. The number of aromatic nitrogens is 2. The molecule has 0 radical (unpaired) electrons. The Hall–Kier alpha value is -3.36. The number of hydrogen-bond donors (Lipinski definition) is 0. The predicted octanol–water partition coefficient (Wildman–Crippen LogP) is 5.03. The molecule has 1 aliphatic rings. The fraction of sp³-hybridized carbons (Fsp3) is 0.318. The van der Waals surface area contributed by atoms with E-state index in [-0.39, 0.29) is 35.8 Å². The van der Waals surface area contributed by atoms with Gasteiger partial charge in [-0.2, -0.15) is 13.2 Å². The first-order chi connectivity index (χ1) is 14.9. The van der Waals surface area contributed by atoms with Crippen molar-refractivity contribution in [1.29, 1.82) is 0 Å². The summed E-state index contributed by atoms with van der Waals surface area (Å²) in [4.78, 5) is 19.2. The summed E-state index contributed by atoms with van der Waals surface area (Å²) in [6.45, 7) is 0.439. The van der Waals surface area contributed by atoms with E-state index in [1.807, 2.05) is 18.2 Å². The van der Waals surface area contributed by atoms with Crippen LogP contribution in [-0.4, -0.2) is 27.5 Å². The van der Waals surface area contributed by atoms with Gasteiger partial charge in [0, 0.05) is 18.8 Å². The highest BCUT2D eigenvalue weighted by Crippen LogP contribution is 2.32. The molecule has 6 nitrogen and oxygen atoms in total. The normalized spacial score (nSPS) is 16.9. The van der Waals surface area contributed by atoms with Crippen LogP contribution in [0.1, 0.15) is 52.8 Å². The van der Waals surface area contributed by atoms with Gasteiger partial charge in [-0.15, -0.1) is 0 Å². The van der Waals surface area contributed by atoms with Crippen LogP contribution >= 0.6 is 0 Å². The van der Waals surface area contributed by atoms with Gasteiger partial charge in [0.25, 0.3) is 5.91 Å². The number of rotatable bonds is 5. The number of benzene rings is 1. The Morgan fingerprint density at radius 3 is 2.81 bits per heavy atom. The first-order valence-corrected chi connectivity index (χ1v) is 9.89. The molecule has 1 aromatic carbocycles. The van der Waals surface area contributed by atoms with Gasteiger partial charge in [0.2, 0.25) is 0 Å². The van der Waals surface area contributed by atoms with Crippen molar-refractivity contribution < 1.29 is 27.2 Å². The second kappa shape index (κ2) is 8.79. The second-order valence-corrected chi connectivity index (χ2v) is 7.26. The third-order valence-electron chi connectivity index (χ3n) is 5.11. The van der Waals surface area contributed by atoms with Gasteiger partial charge >= 0.3 is 6.18 Å². The average molecular weight is 431 g/mol. The van der Waals surface area contributed by atoms with E-state index in [0.29, 0.717) is 6.54 Å². The quantitative estimate of drug-likeness (QED) is 0.567. The number of hydrogen-bond acceptors (Lipinski definition) is 5. The molecule has 1 saturated heterocycles. The van der Waals surface area contributed by atoms with Crippen molar-refractivity contribution in [3.8, 4) is 5.75 Å². The molecule has 0 unspecified atom stereocenters. The first-order valence-electron chi connectivity index (χ1n) is 9.89. The molecule has 162 valence electrons. The average Bonchev–Trinajstić information content (AvgIpc) is 3.26. The number of piperidine rings is 1. The van der Waals surface area contributed by atoms with Crippen LogP contribution in [0.3, 0.4) is 0 Å². The van der Waals surface area contributed by atoms with Crippen LogP contribution in [0.4, 0.5) is 13.2 Å². The lowest BCUT2D eigenvalue weighted by atomic mass is 9.98. The maximum absolute atomic E-state index is 13.0. The van der Waals surface area contributed by atoms with E-state index in [1.54, 1.807) is 11.1 Å². The van der Waals surface area contributed by atoms with Crippen molar-refractivity contribution in [3.63, 3.8) is 0 Å². The highest BCUT2D eigenvalue weighted by Gasteiger charge is 2.32. The Morgan fingerprint density at radius 1 is 1.16 bits per heavy atom. The van der Waals surface area contributed by atoms with E-state index in [1.165, 1.54) is 18.2 Å². The number of ether oxygens (including phenoxy) is 1. The molecule has 2 aromatic heterocycles. The Labute approximate surface area is 176 Å². The van der Waals surface area contributed by atoms with Gasteiger partial charge in [-0.25, -0.2) is 0 Å². The summed E-state index contributed by atoms with van der Waals surface area (Å²) in [7, 11) is 0. The molecule has 1 fully saturated rings. The smallest absolute Gasteiger partial charge is 0.416 e. The van der Waals surface area contributed by atoms with Crippen LogP contribution in [0.2, 0.25) is 0 Å². The van der Waals surface area contributed by atoms with Crippen LogP contribution in [0.15, 0.2) is 59.3 Å². The van der Waals surface area contributed by atoms with Crippen molar-refractivity contribution in [3.05, 3.63) is 77.4 Å². The van der Waals surface area contributed by atoms with E-state index in [9.17, 15) is 18.0 Å². The molecule has 1 atom stereocenters. The zero-order chi connectivity index (χ0) is 21.8. The highest BCUT2D eigenvalue weighted by molar-refractivity contribution is 5.92. The van der Waals surface area contributed by atoms with Gasteiger partial charge in [0.15, 0.2) is 11.5 Å². The zero-order valence-electron chi connectivity index (χ0n) is 16.5. The summed E-state index contributed by atoms with van der Waals surface area (Å²) in [5.41, 5.74) is 0.154.